The molecule has 5 heteroatoms. The maximum atomic E-state index is 11.7. The molecule has 0 aliphatic rings. The van der Waals surface area contributed by atoms with E-state index >= 15 is 0 Å². The molecule has 0 amide bonds. The number of rotatable bonds is 6. The molecule has 4 nitrogen and oxygen atoms in total. The van der Waals surface area contributed by atoms with Crippen LogP contribution in [0.25, 0.3) is 0 Å². The molecule has 1 aromatic heterocycles. The van der Waals surface area contributed by atoms with Crippen molar-refractivity contribution in [3.8, 4) is 0 Å². The van der Waals surface area contributed by atoms with Crippen LogP contribution in [0.1, 0.15) is 32.4 Å². The molecule has 0 spiro atoms. The molecule has 17 heavy (non-hydrogen) atoms. The van der Waals surface area contributed by atoms with Crippen LogP contribution in [0.15, 0.2) is 17.4 Å². The molecule has 1 unspecified atom stereocenters. The van der Waals surface area contributed by atoms with Crippen molar-refractivity contribution in [1.82, 2.24) is 9.97 Å². The summed E-state index contributed by atoms with van der Waals surface area (Å²) in [5.74, 6) is -0.176. The molecule has 1 heterocycles. The average Bonchev–Trinajstić information content (AvgIpc) is 2.29. The average molecular weight is 254 g/mol. The van der Waals surface area contributed by atoms with Gasteiger partial charge in [0.05, 0.1) is 6.61 Å². The molecule has 1 atom stereocenters. The minimum Gasteiger partial charge on any atom is -0.465 e. The van der Waals surface area contributed by atoms with Crippen molar-refractivity contribution < 1.29 is 9.53 Å². The first-order valence-corrected chi connectivity index (χ1v) is 6.68. The van der Waals surface area contributed by atoms with E-state index in [0.717, 1.165) is 18.5 Å². The molecule has 0 aliphatic carbocycles. The Kier molecular flexibility index (Phi) is 5.97. The van der Waals surface area contributed by atoms with E-state index in [1.165, 1.54) is 11.8 Å². The predicted octanol–water partition coefficient (Wildman–Crippen LogP) is 2.61. The third-order valence-corrected chi connectivity index (χ3v) is 3.24. The van der Waals surface area contributed by atoms with Crippen molar-refractivity contribution in [2.45, 2.75) is 44.0 Å². The van der Waals surface area contributed by atoms with Crippen LogP contribution in [0.4, 0.5) is 0 Å². The highest BCUT2D eigenvalue weighted by Gasteiger charge is 2.21. The Morgan fingerprint density at radius 3 is 2.88 bits per heavy atom. The molecular formula is C12H18N2O2S. The van der Waals surface area contributed by atoms with Gasteiger partial charge in [-0.25, -0.2) is 9.97 Å². The van der Waals surface area contributed by atoms with E-state index in [2.05, 4.69) is 9.97 Å². The maximum Gasteiger partial charge on any atom is 0.319 e. The molecular weight excluding hydrogens is 236 g/mol. The molecule has 1 rings (SSSR count). The number of nitrogens with zero attached hydrogens (tertiary/aromatic N) is 2. The van der Waals surface area contributed by atoms with Gasteiger partial charge < -0.3 is 4.74 Å². The first-order chi connectivity index (χ1) is 8.17. The van der Waals surface area contributed by atoms with Crippen LogP contribution < -0.4 is 0 Å². The van der Waals surface area contributed by atoms with E-state index in [4.69, 9.17) is 4.74 Å². The summed E-state index contributed by atoms with van der Waals surface area (Å²) in [5, 5.41) is 0.429. The second kappa shape index (κ2) is 7.27. The summed E-state index contributed by atoms with van der Waals surface area (Å²) in [6, 6.07) is 1.84. The molecule has 1 aromatic rings. The van der Waals surface area contributed by atoms with Crippen molar-refractivity contribution in [2.24, 2.45) is 0 Å². The third-order valence-electron chi connectivity index (χ3n) is 2.12. The van der Waals surface area contributed by atoms with Gasteiger partial charge in [0.2, 0.25) is 0 Å². The highest BCUT2D eigenvalue weighted by Crippen LogP contribution is 2.24. The fourth-order valence-corrected chi connectivity index (χ4v) is 2.42. The Bertz CT molecular complexity index is 371. The number of esters is 1. The maximum absolute atomic E-state index is 11.7. The van der Waals surface area contributed by atoms with Gasteiger partial charge in [0, 0.05) is 11.9 Å². The van der Waals surface area contributed by atoms with E-state index < -0.39 is 0 Å². The fourth-order valence-electron chi connectivity index (χ4n) is 1.33. The molecule has 0 saturated heterocycles. The van der Waals surface area contributed by atoms with E-state index in [-0.39, 0.29) is 11.2 Å². The lowest BCUT2D eigenvalue weighted by Gasteiger charge is -2.13. The van der Waals surface area contributed by atoms with Crippen LogP contribution in [-0.4, -0.2) is 27.8 Å². The van der Waals surface area contributed by atoms with Crippen molar-refractivity contribution in [1.29, 1.82) is 0 Å². The molecule has 0 aliphatic heterocycles. The standard InChI is InChI=1S/C12H18N2O2S/c1-4-6-10(11(15)16-5-2)17-12-13-8-7-9(3)14-12/h7-8,10H,4-6H2,1-3H3. The molecule has 0 N–H and O–H groups in total. The van der Waals surface area contributed by atoms with Crippen molar-refractivity contribution >= 4 is 17.7 Å². The molecule has 0 bridgehead atoms. The lowest BCUT2D eigenvalue weighted by atomic mass is 10.2. The summed E-state index contributed by atoms with van der Waals surface area (Å²) in [6.07, 6.45) is 3.42. The van der Waals surface area contributed by atoms with Crippen molar-refractivity contribution in [3.05, 3.63) is 18.0 Å². The summed E-state index contributed by atoms with van der Waals surface area (Å²) in [6.45, 7) is 6.18. The molecule has 0 aromatic carbocycles. The van der Waals surface area contributed by atoms with Crippen molar-refractivity contribution in [2.75, 3.05) is 6.61 Å². The van der Waals surface area contributed by atoms with E-state index in [1.807, 2.05) is 26.8 Å². The van der Waals surface area contributed by atoms with Crippen LogP contribution in [-0.2, 0) is 9.53 Å². The van der Waals surface area contributed by atoms with Gasteiger partial charge in [-0.15, -0.1) is 0 Å². The highest BCUT2D eigenvalue weighted by atomic mass is 32.2. The number of hydrogen-bond acceptors (Lipinski definition) is 5. The van der Waals surface area contributed by atoms with Gasteiger partial charge in [-0.05, 0) is 26.3 Å². The number of carbonyl (C=O) groups excluding carboxylic acids is 1. The second-order valence-corrected chi connectivity index (χ2v) is 4.80. The Morgan fingerprint density at radius 1 is 1.53 bits per heavy atom. The Hall–Kier alpha value is -1.10. The van der Waals surface area contributed by atoms with Crippen LogP contribution >= 0.6 is 11.8 Å². The zero-order valence-corrected chi connectivity index (χ0v) is 11.3. The van der Waals surface area contributed by atoms with Crippen LogP contribution in [0.3, 0.4) is 0 Å². The Morgan fingerprint density at radius 2 is 2.29 bits per heavy atom. The van der Waals surface area contributed by atoms with E-state index in [0.29, 0.717) is 11.8 Å². The lowest BCUT2D eigenvalue weighted by Crippen LogP contribution is -2.20. The zero-order chi connectivity index (χ0) is 12.7. The van der Waals surface area contributed by atoms with Gasteiger partial charge in [-0.1, -0.05) is 25.1 Å². The molecule has 0 saturated carbocycles. The normalized spacial score (nSPS) is 12.2. The highest BCUT2D eigenvalue weighted by molar-refractivity contribution is 8.00. The lowest BCUT2D eigenvalue weighted by molar-refractivity contribution is -0.142. The number of hydrogen-bond donors (Lipinski definition) is 0. The SMILES string of the molecule is CCCC(Sc1nccc(C)n1)C(=O)OCC. The summed E-state index contributed by atoms with van der Waals surface area (Å²) < 4.78 is 5.04. The number of aromatic nitrogens is 2. The number of ether oxygens (including phenoxy) is 1. The van der Waals surface area contributed by atoms with Gasteiger partial charge in [0.25, 0.3) is 0 Å². The van der Waals surface area contributed by atoms with Crippen molar-refractivity contribution in [3.63, 3.8) is 0 Å². The quantitative estimate of drug-likeness (QED) is 0.444. The minimum atomic E-state index is -0.207. The Labute approximate surface area is 106 Å². The first-order valence-electron chi connectivity index (χ1n) is 5.80. The summed E-state index contributed by atoms with van der Waals surface area (Å²) in [7, 11) is 0. The minimum absolute atomic E-state index is 0.176. The second-order valence-electron chi connectivity index (χ2n) is 3.63. The topological polar surface area (TPSA) is 52.1 Å². The summed E-state index contributed by atoms with van der Waals surface area (Å²) in [4.78, 5) is 20.2. The van der Waals surface area contributed by atoms with Crippen LogP contribution in [0, 0.1) is 6.92 Å². The molecule has 94 valence electrons. The number of aryl methyl sites for hydroxylation is 1. The van der Waals surface area contributed by atoms with Gasteiger partial charge >= 0.3 is 5.97 Å². The number of thioether (sulfide) groups is 1. The third kappa shape index (κ3) is 4.73. The van der Waals surface area contributed by atoms with E-state index in [1.54, 1.807) is 6.20 Å². The monoisotopic (exact) mass is 254 g/mol. The predicted molar refractivity (Wildman–Crippen MR) is 68.0 cm³/mol. The van der Waals surface area contributed by atoms with Gasteiger partial charge in [-0.2, -0.15) is 0 Å². The van der Waals surface area contributed by atoms with Gasteiger partial charge in [0.15, 0.2) is 5.16 Å². The first kappa shape index (κ1) is 14.0. The summed E-state index contributed by atoms with van der Waals surface area (Å²) in [5.41, 5.74) is 0.904. The van der Waals surface area contributed by atoms with E-state index in [9.17, 15) is 4.79 Å². The van der Waals surface area contributed by atoms with Crippen LogP contribution in [0.2, 0.25) is 0 Å². The number of carbonyl (C=O) groups is 1. The molecule has 0 fully saturated rings. The largest absolute Gasteiger partial charge is 0.465 e. The summed E-state index contributed by atoms with van der Waals surface area (Å²) >= 11 is 1.38. The smallest absolute Gasteiger partial charge is 0.319 e. The van der Waals surface area contributed by atoms with Crippen LogP contribution in [0.5, 0.6) is 0 Å². The Balaban J connectivity index is 2.69. The van der Waals surface area contributed by atoms with Gasteiger partial charge in [0.1, 0.15) is 5.25 Å². The molecule has 0 radical (unpaired) electrons. The fraction of sp³-hybridized carbons (Fsp3) is 0.583. The zero-order valence-electron chi connectivity index (χ0n) is 10.5. The van der Waals surface area contributed by atoms with Gasteiger partial charge in [-0.3, -0.25) is 4.79 Å².